The van der Waals surface area contributed by atoms with E-state index in [0.29, 0.717) is 6.61 Å². The second-order valence-corrected chi connectivity index (χ2v) is 8.63. The van der Waals surface area contributed by atoms with Crippen LogP contribution in [0.2, 0.25) is 0 Å². The molecule has 168 valence electrons. The zero-order valence-electron chi connectivity index (χ0n) is 19.3. The monoisotopic (exact) mass is 457 g/mol. The van der Waals surface area contributed by atoms with E-state index in [1.807, 2.05) is 69.5 Å². The lowest BCUT2D eigenvalue weighted by molar-refractivity contribution is -0.111. The Labute approximate surface area is 198 Å². The molecule has 0 aliphatic heterocycles. The summed E-state index contributed by atoms with van der Waals surface area (Å²) in [5, 5.41) is 3.94. The molecular formula is C28H27NO3S. The molecule has 1 amide bonds. The average molecular weight is 458 g/mol. The summed E-state index contributed by atoms with van der Waals surface area (Å²) in [7, 11) is 0. The molecule has 4 aromatic rings. The minimum Gasteiger partial charge on any atom is -0.493 e. The van der Waals surface area contributed by atoms with Gasteiger partial charge in [0.05, 0.1) is 12.9 Å². The topological polar surface area (TPSA) is 51.5 Å². The molecule has 0 aliphatic rings. The maximum Gasteiger partial charge on any atom is 0.248 e. The van der Waals surface area contributed by atoms with Gasteiger partial charge >= 0.3 is 0 Å². The third-order valence-electron chi connectivity index (χ3n) is 5.55. The fourth-order valence-electron chi connectivity index (χ4n) is 3.91. The van der Waals surface area contributed by atoms with E-state index in [0.717, 1.165) is 55.1 Å². The predicted octanol–water partition coefficient (Wildman–Crippen LogP) is 7.57. The van der Waals surface area contributed by atoms with Crippen molar-refractivity contribution in [2.24, 2.45) is 0 Å². The highest BCUT2D eigenvalue weighted by Crippen LogP contribution is 2.40. The summed E-state index contributed by atoms with van der Waals surface area (Å²) < 4.78 is 12.0. The van der Waals surface area contributed by atoms with Crippen molar-refractivity contribution in [3.63, 3.8) is 0 Å². The maximum atomic E-state index is 12.8. The Balaban J connectivity index is 1.73. The number of furan rings is 1. The molecule has 0 radical (unpaired) electrons. The van der Waals surface area contributed by atoms with Crippen molar-refractivity contribution in [1.29, 1.82) is 0 Å². The van der Waals surface area contributed by atoms with Gasteiger partial charge in [-0.2, -0.15) is 0 Å². The van der Waals surface area contributed by atoms with Crippen LogP contribution in [0.3, 0.4) is 0 Å². The van der Waals surface area contributed by atoms with Crippen LogP contribution in [-0.4, -0.2) is 18.8 Å². The summed E-state index contributed by atoms with van der Waals surface area (Å²) in [6.07, 6.45) is 5.43. The van der Waals surface area contributed by atoms with Crippen LogP contribution in [0, 0.1) is 6.92 Å². The molecular weight excluding hydrogens is 430 g/mol. The van der Waals surface area contributed by atoms with E-state index in [2.05, 4.69) is 23.5 Å². The molecule has 0 aliphatic carbocycles. The van der Waals surface area contributed by atoms with E-state index in [1.165, 1.54) is 0 Å². The summed E-state index contributed by atoms with van der Waals surface area (Å²) in [5.41, 5.74) is 6.29. The highest BCUT2D eigenvalue weighted by Gasteiger charge is 2.19. The number of thioether (sulfide) groups is 1. The Bertz CT molecular complexity index is 1300. The Hall–Kier alpha value is -3.44. The van der Waals surface area contributed by atoms with Gasteiger partial charge in [-0.25, -0.2) is 0 Å². The predicted molar refractivity (Wildman–Crippen MR) is 138 cm³/mol. The van der Waals surface area contributed by atoms with Gasteiger partial charge in [0.25, 0.3) is 0 Å². The number of fused-ring (bicyclic) bond motifs is 1. The van der Waals surface area contributed by atoms with Gasteiger partial charge in [-0.05, 0) is 68.5 Å². The molecule has 1 N–H and O–H groups in total. The summed E-state index contributed by atoms with van der Waals surface area (Å²) in [5.74, 6) is 0.560. The molecule has 5 heteroatoms. The molecule has 33 heavy (non-hydrogen) atoms. The number of rotatable bonds is 7. The van der Waals surface area contributed by atoms with E-state index in [4.69, 9.17) is 9.15 Å². The fraction of sp³-hybridized carbons (Fsp3) is 0.179. The fourth-order valence-corrected chi connectivity index (χ4v) is 4.32. The number of nitrogens with one attached hydrogen (secondary N) is 1. The number of amides is 1. The molecule has 0 saturated carbocycles. The maximum absolute atomic E-state index is 12.8. The summed E-state index contributed by atoms with van der Waals surface area (Å²) in [6.45, 7) is 6.40. The standard InChI is InChI=1S/C28H27NO3S/c1-5-31-27-19(3)28-24(25(17-32-28)20-9-7-6-8-10-20)16-23(27)18(2)15-26(30)29-21-11-13-22(33-4)14-12-21/h6-17H,5H2,1-4H3,(H,29,30)/b18-15+. The van der Waals surface area contributed by atoms with E-state index >= 15 is 0 Å². The van der Waals surface area contributed by atoms with Crippen LogP contribution in [0.5, 0.6) is 5.75 Å². The third kappa shape index (κ3) is 4.83. The van der Waals surface area contributed by atoms with Crippen LogP contribution in [0.1, 0.15) is 25.0 Å². The smallest absolute Gasteiger partial charge is 0.248 e. The van der Waals surface area contributed by atoms with Gasteiger partial charge in [0, 0.05) is 38.7 Å². The molecule has 0 atom stereocenters. The van der Waals surface area contributed by atoms with Crippen LogP contribution in [0.4, 0.5) is 5.69 Å². The number of carbonyl (C=O) groups is 1. The lowest BCUT2D eigenvalue weighted by Crippen LogP contribution is -2.09. The van der Waals surface area contributed by atoms with Crippen LogP contribution in [-0.2, 0) is 4.79 Å². The van der Waals surface area contributed by atoms with Crippen LogP contribution in [0.25, 0.3) is 27.7 Å². The first-order chi connectivity index (χ1) is 16.0. The molecule has 1 aromatic heterocycles. The van der Waals surface area contributed by atoms with Gasteiger partial charge in [0.15, 0.2) is 0 Å². The third-order valence-corrected chi connectivity index (χ3v) is 6.29. The lowest BCUT2D eigenvalue weighted by Gasteiger charge is -2.15. The zero-order valence-corrected chi connectivity index (χ0v) is 20.1. The van der Waals surface area contributed by atoms with Gasteiger partial charge in [0.1, 0.15) is 11.3 Å². The summed E-state index contributed by atoms with van der Waals surface area (Å²) >= 11 is 1.67. The highest BCUT2D eigenvalue weighted by molar-refractivity contribution is 7.98. The van der Waals surface area contributed by atoms with Crippen LogP contribution in [0.15, 0.2) is 82.3 Å². The Kier molecular flexibility index (Phi) is 6.90. The van der Waals surface area contributed by atoms with Crippen LogP contribution < -0.4 is 10.1 Å². The van der Waals surface area contributed by atoms with Crippen molar-refractivity contribution >= 4 is 39.9 Å². The molecule has 4 rings (SSSR count). The van der Waals surface area contributed by atoms with Gasteiger partial charge in [-0.15, -0.1) is 11.8 Å². The van der Waals surface area contributed by atoms with Crippen molar-refractivity contribution in [2.45, 2.75) is 25.7 Å². The van der Waals surface area contributed by atoms with Gasteiger partial charge in [-0.1, -0.05) is 30.3 Å². The number of carbonyl (C=O) groups excluding carboxylic acids is 1. The molecule has 0 unspecified atom stereocenters. The molecule has 4 nitrogen and oxygen atoms in total. The summed E-state index contributed by atoms with van der Waals surface area (Å²) in [4.78, 5) is 13.9. The van der Waals surface area contributed by atoms with Crippen molar-refractivity contribution in [3.8, 4) is 16.9 Å². The van der Waals surface area contributed by atoms with E-state index in [-0.39, 0.29) is 5.91 Å². The lowest BCUT2D eigenvalue weighted by atomic mass is 9.96. The van der Waals surface area contributed by atoms with Gasteiger partial charge in [-0.3, -0.25) is 4.79 Å². The average Bonchev–Trinajstić information content (AvgIpc) is 3.26. The van der Waals surface area contributed by atoms with Crippen molar-refractivity contribution in [1.82, 2.24) is 0 Å². The first-order valence-corrected chi connectivity index (χ1v) is 12.1. The number of allylic oxidation sites excluding steroid dienone is 1. The minimum atomic E-state index is -0.180. The number of aryl methyl sites for hydroxylation is 1. The van der Waals surface area contributed by atoms with E-state index < -0.39 is 0 Å². The minimum absolute atomic E-state index is 0.180. The quantitative estimate of drug-likeness (QED) is 0.230. The van der Waals surface area contributed by atoms with Crippen molar-refractivity contribution < 1.29 is 13.9 Å². The molecule has 0 fully saturated rings. The molecule has 0 bridgehead atoms. The first kappa shape index (κ1) is 22.7. The Morgan fingerprint density at radius 1 is 1.12 bits per heavy atom. The second kappa shape index (κ2) is 10.0. The molecule has 3 aromatic carbocycles. The largest absolute Gasteiger partial charge is 0.493 e. The SMILES string of the molecule is CCOc1c(/C(C)=C/C(=O)Nc2ccc(SC)cc2)cc2c(-c3ccccc3)coc2c1C. The first-order valence-electron chi connectivity index (χ1n) is 10.9. The van der Waals surface area contributed by atoms with Crippen molar-refractivity contribution in [3.05, 3.63) is 84.1 Å². The Morgan fingerprint density at radius 2 is 1.85 bits per heavy atom. The number of benzene rings is 3. The van der Waals surface area contributed by atoms with Crippen LogP contribution >= 0.6 is 11.8 Å². The number of anilines is 1. The van der Waals surface area contributed by atoms with E-state index in [9.17, 15) is 4.79 Å². The molecule has 0 spiro atoms. The van der Waals surface area contributed by atoms with Gasteiger partial charge < -0.3 is 14.5 Å². The normalized spacial score (nSPS) is 11.6. The number of hydrogen-bond donors (Lipinski definition) is 1. The second-order valence-electron chi connectivity index (χ2n) is 7.75. The summed E-state index contributed by atoms with van der Waals surface area (Å²) in [6, 6.07) is 20.0. The Morgan fingerprint density at radius 3 is 2.52 bits per heavy atom. The van der Waals surface area contributed by atoms with E-state index in [1.54, 1.807) is 24.1 Å². The number of ether oxygens (including phenoxy) is 1. The highest BCUT2D eigenvalue weighted by atomic mass is 32.2. The zero-order chi connectivity index (χ0) is 23.4. The molecule has 0 saturated heterocycles. The van der Waals surface area contributed by atoms with Crippen molar-refractivity contribution in [2.75, 3.05) is 18.2 Å². The molecule has 1 heterocycles. The number of hydrogen-bond acceptors (Lipinski definition) is 4. The van der Waals surface area contributed by atoms with Gasteiger partial charge in [0.2, 0.25) is 5.91 Å².